The van der Waals surface area contributed by atoms with Gasteiger partial charge in [0, 0.05) is 13.2 Å². The van der Waals surface area contributed by atoms with Crippen LogP contribution in [0.5, 0.6) is 0 Å². The minimum absolute atomic E-state index is 0.237. The van der Waals surface area contributed by atoms with Crippen molar-refractivity contribution in [2.75, 3.05) is 6.54 Å². The molecule has 0 bridgehead atoms. The van der Waals surface area contributed by atoms with E-state index in [2.05, 4.69) is 20.6 Å². The summed E-state index contributed by atoms with van der Waals surface area (Å²) in [5.74, 6) is 1.22. The number of hydrogen-bond donors (Lipinski definition) is 1. The molecule has 6 heteroatoms. The molecule has 0 saturated carbocycles. The first kappa shape index (κ1) is 9.53. The number of aryl methyl sites for hydroxylation is 1. The maximum atomic E-state index is 5.20. The second kappa shape index (κ2) is 3.71. The summed E-state index contributed by atoms with van der Waals surface area (Å²) in [6.07, 6.45) is 4.09. The Labute approximate surface area is 92.6 Å². The molecule has 1 aliphatic heterocycles. The minimum Gasteiger partial charge on any atom is -0.332 e. The molecular formula is C10H13N5O. The van der Waals surface area contributed by atoms with Crippen molar-refractivity contribution in [3.8, 4) is 11.6 Å². The Bertz CT molecular complexity index is 483. The van der Waals surface area contributed by atoms with Gasteiger partial charge in [-0.15, -0.1) is 0 Å². The summed E-state index contributed by atoms with van der Waals surface area (Å²) < 4.78 is 6.91. The molecule has 1 unspecified atom stereocenters. The topological polar surface area (TPSA) is 68.8 Å². The number of hydrogen-bond acceptors (Lipinski definition) is 5. The van der Waals surface area contributed by atoms with Crippen molar-refractivity contribution in [2.24, 2.45) is 7.05 Å². The standard InChI is InChI=1S/C10H13N5O/c1-15-6-4-8(13-15)10-12-9(14-16-10)7-3-2-5-11-7/h4,6-7,11H,2-3,5H2,1H3. The summed E-state index contributed by atoms with van der Waals surface area (Å²) in [6.45, 7) is 1.03. The van der Waals surface area contributed by atoms with E-state index in [4.69, 9.17) is 4.52 Å². The van der Waals surface area contributed by atoms with Crippen LogP contribution in [0.4, 0.5) is 0 Å². The van der Waals surface area contributed by atoms with Crippen LogP contribution in [-0.4, -0.2) is 26.5 Å². The zero-order chi connectivity index (χ0) is 11.0. The molecule has 0 spiro atoms. The van der Waals surface area contributed by atoms with Gasteiger partial charge in [-0.1, -0.05) is 5.16 Å². The molecule has 1 saturated heterocycles. The zero-order valence-electron chi connectivity index (χ0n) is 9.05. The highest BCUT2D eigenvalue weighted by molar-refractivity contribution is 5.44. The van der Waals surface area contributed by atoms with E-state index in [1.807, 2.05) is 19.3 Å². The van der Waals surface area contributed by atoms with E-state index < -0.39 is 0 Å². The van der Waals surface area contributed by atoms with Crippen LogP contribution in [0.25, 0.3) is 11.6 Å². The largest absolute Gasteiger partial charge is 0.332 e. The monoisotopic (exact) mass is 219 g/mol. The number of nitrogens with zero attached hydrogens (tertiary/aromatic N) is 4. The van der Waals surface area contributed by atoms with Crippen molar-refractivity contribution in [1.29, 1.82) is 0 Å². The van der Waals surface area contributed by atoms with Crippen LogP contribution in [0.2, 0.25) is 0 Å². The summed E-state index contributed by atoms with van der Waals surface area (Å²) >= 11 is 0. The molecule has 1 aliphatic rings. The third kappa shape index (κ3) is 1.61. The second-order valence-corrected chi connectivity index (χ2v) is 3.98. The van der Waals surface area contributed by atoms with Crippen LogP contribution < -0.4 is 5.32 Å². The first-order valence-corrected chi connectivity index (χ1v) is 5.40. The Kier molecular flexibility index (Phi) is 2.21. The zero-order valence-corrected chi connectivity index (χ0v) is 9.05. The summed E-state index contributed by atoms with van der Waals surface area (Å²) in [4.78, 5) is 4.36. The molecule has 0 radical (unpaired) electrons. The average molecular weight is 219 g/mol. The molecule has 16 heavy (non-hydrogen) atoms. The van der Waals surface area contributed by atoms with E-state index in [-0.39, 0.29) is 6.04 Å². The smallest absolute Gasteiger partial charge is 0.278 e. The highest BCUT2D eigenvalue weighted by Crippen LogP contribution is 2.22. The molecule has 0 aliphatic carbocycles. The molecule has 3 rings (SSSR count). The van der Waals surface area contributed by atoms with Gasteiger partial charge in [-0.2, -0.15) is 10.1 Å². The van der Waals surface area contributed by atoms with E-state index >= 15 is 0 Å². The van der Waals surface area contributed by atoms with Gasteiger partial charge >= 0.3 is 0 Å². The molecule has 0 amide bonds. The first-order valence-electron chi connectivity index (χ1n) is 5.40. The second-order valence-electron chi connectivity index (χ2n) is 3.98. The highest BCUT2D eigenvalue weighted by Gasteiger charge is 2.22. The lowest BCUT2D eigenvalue weighted by Crippen LogP contribution is -2.14. The maximum absolute atomic E-state index is 5.20. The summed E-state index contributed by atoms with van der Waals surface area (Å²) in [5.41, 5.74) is 0.722. The first-order chi connectivity index (χ1) is 7.83. The fourth-order valence-corrected chi connectivity index (χ4v) is 1.91. The van der Waals surface area contributed by atoms with Gasteiger partial charge in [-0.3, -0.25) is 4.68 Å². The number of aromatic nitrogens is 4. The van der Waals surface area contributed by atoms with Crippen molar-refractivity contribution in [1.82, 2.24) is 25.2 Å². The summed E-state index contributed by atoms with van der Waals surface area (Å²) in [7, 11) is 1.86. The SMILES string of the molecule is Cn1ccc(-c2nc(C3CCCN3)no2)n1. The van der Waals surface area contributed by atoms with Gasteiger partial charge in [-0.05, 0) is 25.5 Å². The van der Waals surface area contributed by atoms with Gasteiger partial charge in [0.25, 0.3) is 5.89 Å². The maximum Gasteiger partial charge on any atom is 0.278 e. The highest BCUT2D eigenvalue weighted by atomic mass is 16.5. The molecule has 84 valence electrons. The van der Waals surface area contributed by atoms with Crippen molar-refractivity contribution < 1.29 is 4.52 Å². The number of nitrogens with one attached hydrogen (secondary N) is 1. The Morgan fingerprint density at radius 3 is 3.19 bits per heavy atom. The Morgan fingerprint density at radius 2 is 2.50 bits per heavy atom. The predicted octanol–water partition coefficient (Wildman–Crippen LogP) is 0.895. The molecule has 1 atom stereocenters. The fraction of sp³-hybridized carbons (Fsp3) is 0.500. The van der Waals surface area contributed by atoms with Crippen LogP contribution in [0, 0.1) is 0 Å². The average Bonchev–Trinajstić information content (AvgIpc) is 2.97. The van der Waals surface area contributed by atoms with Gasteiger partial charge < -0.3 is 9.84 Å². The Balaban J connectivity index is 1.87. The third-order valence-corrected chi connectivity index (χ3v) is 2.75. The van der Waals surface area contributed by atoms with Crippen LogP contribution in [-0.2, 0) is 7.05 Å². The Hall–Kier alpha value is -1.69. The summed E-state index contributed by atoms with van der Waals surface area (Å²) in [5, 5.41) is 11.5. The normalized spacial score (nSPS) is 20.4. The van der Waals surface area contributed by atoms with Gasteiger partial charge in [0.2, 0.25) is 0 Å². The molecule has 1 N–H and O–H groups in total. The molecule has 2 aromatic heterocycles. The quantitative estimate of drug-likeness (QED) is 0.812. The summed E-state index contributed by atoms with van der Waals surface area (Å²) in [6, 6.07) is 2.10. The van der Waals surface area contributed by atoms with Crippen LogP contribution in [0.15, 0.2) is 16.8 Å². The van der Waals surface area contributed by atoms with Crippen molar-refractivity contribution in [2.45, 2.75) is 18.9 Å². The van der Waals surface area contributed by atoms with E-state index in [9.17, 15) is 0 Å². The lowest BCUT2D eigenvalue weighted by Gasteiger charge is -2.01. The lowest BCUT2D eigenvalue weighted by atomic mass is 10.2. The van der Waals surface area contributed by atoms with E-state index in [1.54, 1.807) is 4.68 Å². The molecule has 6 nitrogen and oxygen atoms in total. The van der Waals surface area contributed by atoms with Gasteiger partial charge in [0.1, 0.15) is 0 Å². The van der Waals surface area contributed by atoms with Crippen LogP contribution >= 0.6 is 0 Å². The lowest BCUT2D eigenvalue weighted by molar-refractivity contribution is 0.411. The van der Waals surface area contributed by atoms with Crippen molar-refractivity contribution in [3.63, 3.8) is 0 Å². The molecule has 3 heterocycles. The fourth-order valence-electron chi connectivity index (χ4n) is 1.91. The van der Waals surface area contributed by atoms with Crippen molar-refractivity contribution >= 4 is 0 Å². The van der Waals surface area contributed by atoms with Crippen LogP contribution in [0.3, 0.4) is 0 Å². The van der Waals surface area contributed by atoms with E-state index in [1.165, 1.54) is 0 Å². The minimum atomic E-state index is 0.237. The van der Waals surface area contributed by atoms with E-state index in [0.29, 0.717) is 5.89 Å². The van der Waals surface area contributed by atoms with E-state index in [0.717, 1.165) is 30.9 Å². The third-order valence-electron chi connectivity index (χ3n) is 2.75. The Morgan fingerprint density at radius 1 is 1.56 bits per heavy atom. The molecular weight excluding hydrogens is 206 g/mol. The molecule has 0 aromatic carbocycles. The molecule has 2 aromatic rings. The van der Waals surface area contributed by atoms with Gasteiger partial charge in [0.05, 0.1) is 6.04 Å². The van der Waals surface area contributed by atoms with Crippen molar-refractivity contribution in [3.05, 3.63) is 18.1 Å². The van der Waals surface area contributed by atoms with Gasteiger partial charge in [-0.25, -0.2) is 0 Å². The van der Waals surface area contributed by atoms with Gasteiger partial charge in [0.15, 0.2) is 11.5 Å². The number of rotatable bonds is 2. The van der Waals surface area contributed by atoms with Crippen LogP contribution in [0.1, 0.15) is 24.7 Å². The molecule has 1 fully saturated rings. The predicted molar refractivity (Wildman–Crippen MR) is 56.5 cm³/mol.